The molecule has 1 atom stereocenters. The van der Waals surface area contributed by atoms with Gasteiger partial charge in [-0.3, -0.25) is 4.79 Å². The molecule has 0 heterocycles. The highest BCUT2D eigenvalue weighted by atomic mass is 16.5. The number of rotatable bonds is 7. The molecule has 150 valence electrons. The summed E-state index contributed by atoms with van der Waals surface area (Å²) in [5.41, 5.74) is 2.62. The smallest absolute Gasteiger partial charge is 0.338 e. The van der Waals surface area contributed by atoms with E-state index in [4.69, 9.17) is 14.2 Å². The number of unbranched alkanes of at least 4 members (excludes halogenated alkanes) is 1. The molecule has 1 aromatic carbocycles. The first kappa shape index (κ1) is 21.4. The number of hydrogen-bond donors (Lipinski definition) is 0. The molecular weight excluding hydrogens is 360 g/mol. The van der Waals surface area contributed by atoms with Crippen molar-refractivity contribution in [2.24, 2.45) is 0 Å². The van der Waals surface area contributed by atoms with Gasteiger partial charge in [0.05, 0.1) is 25.4 Å². The number of esters is 3. The summed E-state index contributed by atoms with van der Waals surface area (Å²) in [5.74, 6) is -1.68. The molecule has 0 aliphatic heterocycles. The third-order valence-electron chi connectivity index (χ3n) is 4.63. The maximum Gasteiger partial charge on any atom is 0.338 e. The fourth-order valence-electron chi connectivity index (χ4n) is 3.45. The first-order chi connectivity index (χ1) is 13.4. The van der Waals surface area contributed by atoms with Crippen molar-refractivity contribution >= 4 is 23.5 Å². The van der Waals surface area contributed by atoms with Crippen LogP contribution in [0.3, 0.4) is 0 Å². The van der Waals surface area contributed by atoms with Crippen molar-refractivity contribution < 1.29 is 28.6 Å². The van der Waals surface area contributed by atoms with Crippen LogP contribution in [0.1, 0.15) is 45.1 Å². The van der Waals surface area contributed by atoms with Crippen molar-refractivity contribution in [1.29, 1.82) is 0 Å². The minimum absolute atomic E-state index is 0.0521. The van der Waals surface area contributed by atoms with Crippen LogP contribution in [0, 0.1) is 0 Å². The Labute approximate surface area is 165 Å². The molecule has 6 nitrogen and oxygen atoms in total. The summed E-state index contributed by atoms with van der Waals surface area (Å²) in [4.78, 5) is 36.8. The van der Waals surface area contributed by atoms with Gasteiger partial charge in [-0.2, -0.15) is 0 Å². The van der Waals surface area contributed by atoms with Crippen LogP contribution in [0.4, 0.5) is 0 Å². The van der Waals surface area contributed by atoms with Gasteiger partial charge in [0.25, 0.3) is 0 Å². The van der Waals surface area contributed by atoms with Crippen LogP contribution in [-0.2, 0) is 28.6 Å². The number of carbonyl (C=O) groups excluding carboxylic acids is 3. The molecule has 0 aromatic heterocycles. The Morgan fingerprint density at radius 1 is 1.04 bits per heavy atom. The van der Waals surface area contributed by atoms with Gasteiger partial charge in [0, 0.05) is 18.9 Å². The molecule has 2 rings (SSSR count). The van der Waals surface area contributed by atoms with Gasteiger partial charge in [-0.15, -0.1) is 0 Å². The second-order valence-corrected chi connectivity index (χ2v) is 6.50. The number of hydrogen-bond acceptors (Lipinski definition) is 6. The van der Waals surface area contributed by atoms with E-state index < -0.39 is 24.0 Å². The highest BCUT2D eigenvalue weighted by molar-refractivity contribution is 6.07. The van der Waals surface area contributed by atoms with Crippen LogP contribution in [0.15, 0.2) is 47.1 Å². The summed E-state index contributed by atoms with van der Waals surface area (Å²) in [6.07, 6.45) is 1.60. The van der Waals surface area contributed by atoms with Crippen molar-refractivity contribution in [3.63, 3.8) is 0 Å². The van der Waals surface area contributed by atoms with E-state index in [0.29, 0.717) is 12.0 Å². The molecule has 0 radical (unpaired) electrons. The number of methoxy groups -OCH3 is 2. The molecule has 0 fully saturated rings. The Bertz CT molecular complexity index is 804. The predicted octanol–water partition coefficient (Wildman–Crippen LogP) is 3.61. The number of carbonyl (C=O) groups is 3. The molecule has 0 amide bonds. The van der Waals surface area contributed by atoms with E-state index in [0.717, 1.165) is 24.0 Å². The molecule has 1 aliphatic carbocycles. The van der Waals surface area contributed by atoms with E-state index in [1.165, 1.54) is 21.1 Å². The average Bonchev–Trinajstić information content (AvgIpc) is 2.70. The summed E-state index contributed by atoms with van der Waals surface area (Å²) in [6.45, 7) is 3.36. The van der Waals surface area contributed by atoms with E-state index in [-0.39, 0.29) is 17.6 Å². The van der Waals surface area contributed by atoms with Crippen LogP contribution < -0.4 is 0 Å². The molecule has 1 aliphatic rings. The van der Waals surface area contributed by atoms with Crippen molar-refractivity contribution in [2.75, 3.05) is 14.2 Å². The summed E-state index contributed by atoms with van der Waals surface area (Å²) in [7, 11) is 2.54. The molecule has 0 saturated carbocycles. The fourth-order valence-corrected chi connectivity index (χ4v) is 3.45. The number of ether oxygens (including phenoxy) is 3. The summed E-state index contributed by atoms with van der Waals surface area (Å²) in [5, 5.41) is 0. The lowest BCUT2D eigenvalue weighted by atomic mass is 9.78. The van der Waals surface area contributed by atoms with Crippen molar-refractivity contribution in [1.82, 2.24) is 0 Å². The Balaban J connectivity index is 2.80. The van der Waals surface area contributed by atoms with E-state index in [2.05, 4.69) is 0 Å². The zero-order valence-electron chi connectivity index (χ0n) is 16.7. The fraction of sp³-hybridized carbons (Fsp3) is 0.409. The Kier molecular flexibility index (Phi) is 7.55. The Hall–Kier alpha value is -2.89. The highest BCUT2D eigenvalue weighted by Crippen LogP contribution is 2.41. The topological polar surface area (TPSA) is 78.9 Å². The van der Waals surface area contributed by atoms with Gasteiger partial charge in [0.15, 0.2) is 0 Å². The summed E-state index contributed by atoms with van der Waals surface area (Å²) >= 11 is 0. The zero-order valence-corrected chi connectivity index (χ0v) is 16.7. The Morgan fingerprint density at radius 3 is 2.21 bits per heavy atom. The molecule has 1 unspecified atom stereocenters. The van der Waals surface area contributed by atoms with Crippen LogP contribution in [-0.4, -0.2) is 38.2 Å². The van der Waals surface area contributed by atoms with Gasteiger partial charge in [-0.05, 0) is 24.0 Å². The van der Waals surface area contributed by atoms with E-state index >= 15 is 0 Å². The monoisotopic (exact) mass is 386 g/mol. The van der Waals surface area contributed by atoms with E-state index in [1.54, 1.807) is 0 Å². The van der Waals surface area contributed by atoms with Crippen LogP contribution >= 0.6 is 0 Å². The first-order valence-electron chi connectivity index (χ1n) is 9.30. The predicted molar refractivity (Wildman–Crippen MR) is 104 cm³/mol. The quantitative estimate of drug-likeness (QED) is 0.526. The van der Waals surface area contributed by atoms with Gasteiger partial charge in [0.2, 0.25) is 0 Å². The average molecular weight is 386 g/mol. The molecule has 0 saturated heterocycles. The van der Waals surface area contributed by atoms with Crippen LogP contribution in [0.5, 0.6) is 0 Å². The number of benzene rings is 1. The molecule has 0 spiro atoms. The van der Waals surface area contributed by atoms with Gasteiger partial charge in [0.1, 0.15) is 6.10 Å². The zero-order chi connectivity index (χ0) is 20.7. The largest absolute Gasteiger partial charge is 0.466 e. The molecule has 6 heteroatoms. The van der Waals surface area contributed by atoms with Gasteiger partial charge in [-0.25, -0.2) is 9.59 Å². The van der Waals surface area contributed by atoms with Crippen molar-refractivity contribution in [2.45, 2.75) is 45.6 Å². The van der Waals surface area contributed by atoms with Crippen molar-refractivity contribution in [3.05, 3.63) is 52.6 Å². The second-order valence-electron chi connectivity index (χ2n) is 6.50. The normalized spacial score (nSPS) is 16.6. The lowest BCUT2D eigenvalue weighted by molar-refractivity contribution is -0.145. The minimum atomic E-state index is -0.686. The Morgan fingerprint density at radius 2 is 1.68 bits per heavy atom. The van der Waals surface area contributed by atoms with Gasteiger partial charge in [-0.1, -0.05) is 43.7 Å². The minimum Gasteiger partial charge on any atom is -0.466 e. The maximum atomic E-state index is 12.6. The molecule has 0 bridgehead atoms. The van der Waals surface area contributed by atoms with E-state index in [9.17, 15) is 14.4 Å². The van der Waals surface area contributed by atoms with Crippen LogP contribution in [0.2, 0.25) is 0 Å². The first-order valence-corrected chi connectivity index (χ1v) is 9.30. The SMILES string of the molecule is CCCCC1=C(c2ccccc2)C(OC(C)=O)CC(C(=O)OC)=C1C(=O)OC. The van der Waals surface area contributed by atoms with Gasteiger partial charge < -0.3 is 14.2 Å². The van der Waals surface area contributed by atoms with Gasteiger partial charge >= 0.3 is 17.9 Å². The third-order valence-corrected chi connectivity index (χ3v) is 4.63. The summed E-state index contributed by atoms with van der Waals surface area (Å²) < 4.78 is 15.4. The van der Waals surface area contributed by atoms with E-state index in [1.807, 2.05) is 37.3 Å². The van der Waals surface area contributed by atoms with Crippen molar-refractivity contribution in [3.8, 4) is 0 Å². The molecule has 1 aromatic rings. The molecule has 0 N–H and O–H groups in total. The lowest BCUT2D eigenvalue weighted by Crippen LogP contribution is -2.30. The second kappa shape index (κ2) is 9.88. The maximum absolute atomic E-state index is 12.6. The third kappa shape index (κ3) is 4.68. The highest BCUT2D eigenvalue weighted by Gasteiger charge is 2.37. The van der Waals surface area contributed by atoms with Crippen LogP contribution in [0.25, 0.3) is 5.57 Å². The molecule has 28 heavy (non-hydrogen) atoms. The standard InChI is InChI=1S/C22H26O6/c1-5-6-12-16-19(15-10-8-7-9-11-15)18(28-14(2)23)13-17(21(24)26-3)20(16)22(25)27-4/h7-11,18H,5-6,12-13H2,1-4H3. The lowest BCUT2D eigenvalue weighted by Gasteiger charge is -2.31. The summed E-state index contributed by atoms with van der Waals surface area (Å²) in [6, 6.07) is 9.44. The molecular formula is C22H26O6.